The highest BCUT2D eigenvalue weighted by Gasteiger charge is 2.12. The number of hydrogen-bond acceptors (Lipinski definition) is 4. The molecule has 1 atom stereocenters. The number of aromatic nitrogens is 2. The quantitative estimate of drug-likeness (QED) is 0.948. The summed E-state index contributed by atoms with van der Waals surface area (Å²) in [4.78, 5) is 0.681. The van der Waals surface area contributed by atoms with Crippen LogP contribution in [0.15, 0.2) is 28.9 Å². The van der Waals surface area contributed by atoms with E-state index in [1.54, 1.807) is 6.07 Å². The molecule has 0 fully saturated rings. The molecule has 0 aliphatic heterocycles. The van der Waals surface area contributed by atoms with E-state index < -0.39 is 6.10 Å². The van der Waals surface area contributed by atoms with Gasteiger partial charge < -0.3 is 5.11 Å². The van der Waals surface area contributed by atoms with Crippen molar-refractivity contribution in [3.05, 3.63) is 45.1 Å². The van der Waals surface area contributed by atoms with E-state index in [0.717, 1.165) is 17.1 Å². The third-order valence-corrected chi connectivity index (χ3v) is 3.28. The molecule has 1 aromatic heterocycles. The molecule has 2 aromatic rings. The van der Waals surface area contributed by atoms with Crippen molar-refractivity contribution in [2.45, 2.75) is 12.5 Å². The number of halogens is 2. The minimum absolute atomic E-state index is 0.320. The molecule has 3 nitrogen and oxygen atoms in total. The summed E-state index contributed by atoms with van der Waals surface area (Å²) < 4.78 is 17.4. The maximum Gasteiger partial charge on any atom is 0.124 e. The van der Waals surface area contributed by atoms with Crippen LogP contribution in [-0.4, -0.2) is 14.7 Å². The van der Waals surface area contributed by atoms with E-state index in [1.165, 1.54) is 18.3 Å². The molecule has 16 heavy (non-hydrogen) atoms. The minimum atomic E-state index is -0.686. The predicted octanol–water partition coefficient (Wildman–Crippen LogP) is 2.72. The molecule has 0 saturated heterocycles. The lowest BCUT2D eigenvalue weighted by Gasteiger charge is -2.07. The molecule has 1 N–H and O–H groups in total. The number of nitrogens with zero attached hydrogens (tertiary/aromatic N) is 2. The molecular weight excluding hydrogens is 295 g/mol. The minimum Gasteiger partial charge on any atom is -0.387 e. The second-order valence-electron chi connectivity index (χ2n) is 3.32. The number of hydrogen-bond donors (Lipinski definition) is 1. The van der Waals surface area contributed by atoms with Crippen molar-refractivity contribution < 1.29 is 9.50 Å². The third kappa shape index (κ3) is 2.84. The van der Waals surface area contributed by atoms with Gasteiger partial charge in [-0.3, -0.25) is 0 Å². The van der Waals surface area contributed by atoms with E-state index in [9.17, 15) is 9.50 Å². The first kappa shape index (κ1) is 11.6. The molecule has 0 saturated carbocycles. The van der Waals surface area contributed by atoms with Crippen molar-refractivity contribution in [3.63, 3.8) is 0 Å². The van der Waals surface area contributed by atoms with Crippen LogP contribution in [0.4, 0.5) is 4.39 Å². The molecule has 2 rings (SSSR count). The van der Waals surface area contributed by atoms with Gasteiger partial charge in [0.15, 0.2) is 0 Å². The first-order chi connectivity index (χ1) is 7.65. The van der Waals surface area contributed by atoms with Gasteiger partial charge in [-0.25, -0.2) is 4.39 Å². The predicted molar refractivity (Wildman–Crippen MR) is 62.7 cm³/mol. The van der Waals surface area contributed by atoms with Crippen LogP contribution in [0, 0.1) is 5.82 Å². The highest BCUT2D eigenvalue weighted by atomic mass is 79.9. The molecule has 1 aromatic carbocycles. The number of aliphatic hydroxyl groups is 1. The van der Waals surface area contributed by atoms with Crippen LogP contribution in [0.3, 0.4) is 0 Å². The maximum atomic E-state index is 13.1. The van der Waals surface area contributed by atoms with E-state index in [-0.39, 0.29) is 5.82 Å². The Morgan fingerprint density at radius 1 is 1.44 bits per heavy atom. The zero-order chi connectivity index (χ0) is 11.5. The van der Waals surface area contributed by atoms with Gasteiger partial charge in [-0.2, -0.15) is 0 Å². The van der Waals surface area contributed by atoms with Crippen molar-refractivity contribution >= 4 is 27.5 Å². The Morgan fingerprint density at radius 3 is 2.88 bits per heavy atom. The van der Waals surface area contributed by atoms with Gasteiger partial charge in [0.25, 0.3) is 0 Å². The first-order valence-electron chi connectivity index (χ1n) is 4.55. The van der Waals surface area contributed by atoms with E-state index in [4.69, 9.17) is 0 Å². The fourth-order valence-electron chi connectivity index (χ4n) is 1.37. The average Bonchev–Trinajstić information content (AvgIpc) is 2.68. The lowest BCUT2D eigenvalue weighted by Crippen LogP contribution is -2.00. The topological polar surface area (TPSA) is 46.0 Å². The molecule has 0 amide bonds. The summed E-state index contributed by atoms with van der Waals surface area (Å²) in [6, 6.07) is 4.56. The first-order valence-corrected chi connectivity index (χ1v) is 6.12. The zero-order valence-corrected chi connectivity index (χ0v) is 10.5. The second kappa shape index (κ2) is 4.99. The molecule has 0 aliphatic carbocycles. The highest BCUT2D eigenvalue weighted by Crippen LogP contribution is 2.22. The van der Waals surface area contributed by atoms with Crippen molar-refractivity contribution in [1.82, 2.24) is 9.59 Å². The van der Waals surface area contributed by atoms with Gasteiger partial charge in [-0.1, -0.05) is 20.4 Å². The maximum absolute atomic E-state index is 13.1. The monoisotopic (exact) mass is 302 g/mol. The standard InChI is InChI=1S/C10H8BrFN2OS/c11-7-1-6(2-8(12)4-7)3-9(15)10-5-13-14-16-10/h1-2,4-5,9,15H,3H2. The summed E-state index contributed by atoms with van der Waals surface area (Å²) >= 11 is 4.35. The lowest BCUT2D eigenvalue weighted by atomic mass is 10.1. The smallest absolute Gasteiger partial charge is 0.124 e. The van der Waals surface area contributed by atoms with Gasteiger partial charge in [0.05, 0.1) is 17.2 Å². The SMILES string of the molecule is OC(Cc1cc(F)cc(Br)c1)c1cnns1. The molecule has 1 unspecified atom stereocenters. The van der Waals surface area contributed by atoms with Crippen molar-refractivity contribution in [2.75, 3.05) is 0 Å². The fraction of sp³-hybridized carbons (Fsp3) is 0.200. The molecular formula is C10H8BrFN2OS. The van der Waals surface area contributed by atoms with E-state index in [1.807, 2.05) is 0 Å². The van der Waals surface area contributed by atoms with E-state index in [0.29, 0.717) is 15.8 Å². The summed E-state index contributed by atoms with van der Waals surface area (Å²) in [5, 5.41) is 13.5. The van der Waals surface area contributed by atoms with Crippen LogP contribution < -0.4 is 0 Å². The van der Waals surface area contributed by atoms with E-state index >= 15 is 0 Å². The van der Waals surface area contributed by atoms with Gasteiger partial charge >= 0.3 is 0 Å². The largest absolute Gasteiger partial charge is 0.387 e. The lowest BCUT2D eigenvalue weighted by molar-refractivity contribution is 0.182. The van der Waals surface area contributed by atoms with Crippen LogP contribution in [0.5, 0.6) is 0 Å². The van der Waals surface area contributed by atoms with Crippen molar-refractivity contribution in [2.24, 2.45) is 0 Å². The zero-order valence-electron chi connectivity index (χ0n) is 8.10. The Hall–Kier alpha value is -0.850. The summed E-state index contributed by atoms with van der Waals surface area (Å²) in [5.74, 6) is -0.320. The number of aliphatic hydroxyl groups excluding tert-OH is 1. The Labute approximate surface area is 104 Å². The van der Waals surface area contributed by atoms with Gasteiger partial charge in [-0.15, -0.1) is 5.10 Å². The summed E-state index contributed by atoms with van der Waals surface area (Å²) in [6.45, 7) is 0. The van der Waals surface area contributed by atoms with Crippen molar-refractivity contribution in [1.29, 1.82) is 0 Å². The van der Waals surface area contributed by atoms with Crippen LogP contribution in [-0.2, 0) is 6.42 Å². The van der Waals surface area contributed by atoms with Crippen molar-refractivity contribution in [3.8, 4) is 0 Å². The van der Waals surface area contributed by atoms with Crippen LogP contribution in [0.1, 0.15) is 16.5 Å². The van der Waals surface area contributed by atoms with E-state index in [2.05, 4.69) is 25.5 Å². The Morgan fingerprint density at radius 2 is 2.25 bits per heavy atom. The highest BCUT2D eigenvalue weighted by molar-refractivity contribution is 9.10. The Bertz CT molecular complexity index is 457. The molecule has 1 heterocycles. The Kier molecular flexibility index (Phi) is 3.63. The van der Waals surface area contributed by atoms with Crippen LogP contribution in [0.2, 0.25) is 0 Å². The fourth-order valence-corrected chi connectivity index (χ4v) is 2.37. The summed E-state index contributed by atoms with van der Waals surface area (Å²) in [5.41, 5.74) is 0.729. The van der Waals surface area contributed by atoms with Gasteiger partial charge in [0, 0.05) is 10.9 Å². The summed E-state index contributed by atoms with van der Waals surface area (Å²) in [6.07, 6.45) is 1.18. The third-order valence-electron chi connectivity index (χ3n) is 2.06. The van der Waals surface area contributed by atoms with Crippen LogP contribution in [0.25, 0.3) is 0 Å². The molecule has 84 valence electrons. The van der Waals surface area contributed by atoms with Crippen LogP contribution >= 0.6 is 27.5 Å². The van der Waals surface area contributed by atoms with Gasteiger partial charge in [0.1, 0.15) is 5.82 Å². The molecule has 0 aliphatic rings. The second-order valence-corrected chi connectivity index (χ2v) is 5.05. The number of rotatable bonds is 3. The normalized spacial score (nSPS) is 12.7. The summed E-state index contributed by atoms with van der Waals surface area (Å²) in [7, 11) is 0. The average molecular weight is 303 g/mol. The van der Waals surface area contributed by atoms with Gasteiger partial charge in [0.2, 0.25) is 0 Å². The molecule has 6 heteroatoms. The molecule has 0 radical (unpaired) electrons. The molecule has 0 spiro atoms. The Balaban J connectivity index is 2.15. The number of benzene rings is 1. The molecule has 0 bridgehead atoms. The van der Waals surface area contributed by atoms with Gasteiger partial charge in [-0.05, 0) is 35.3 Å².